The van der Waals surface area contributed by atoms with Crippen molar-refractivity contribution in [2.45, 2.75) is 50.0 Å². The highest BCUT2D eigenvalue weighted by molar-refractivity contribution is 7.89. The largest absolute Gasteiger partial charge is 0.453 e. The number of esters is 1. The predicted molar refractivity (Wildman–Crippen MR) is 102 cm³/mol. The Morgan fingerprint density at radius 3 is 2.26 bits per heavy atom. The van der Waals surface area contributed by atoms with E-state index in [0.717, 1.165) is 24.8 Å². The third-order valence-electron chi connectivity index (χ3n) is 4.59. The van der Waals surface area contributed by atoms with Crippen molar-refractivity contribution in [2.24, 2.45) is 0 Å². The molecule has 7 nitrogen and oxygen atoms in total. The van der Waals surface area contributed by atoms with Crippen LogP contribution in [0.2, 0.25) is 0 Å². The van der Waals surface area contributed by atoms with E-state index in [-0.39, 0.29) is 17.2 Å². The van der Waals surface area contributed by atoms with Crippen molar-refractivity contribution in [1.29, 1.82) is 0 Å². The monoisotopic (exact) mass is 396 g/mol. The summed E-state index contributed by atoms with van der Waals surface area (Å²) in [6.07, 6.45) is 2.60. The Morgan fingerprint density at radius 1 is 1.11 bits per heavy atom. The Kier molecular flexibility index (Phi) is 7.38. The lowest BCUT2D eigenvalue weighted by Gasteiger charge is -2.25. The highest BCUT2D eigenvalue weighted by Gasteiger charge is 2.25. The Bertz CT molecular complexity index is 753. The molecule has 27 heavy (non-hydrogen) atoms. The van der Waals surface area contributed by atoms with Crippen molar-refractivity contribution in [3.8, 4) is 0 Å². The summed E-state index contributed by atoms with van der Waals surface area (Å²) in [6, 6.07) is 6.61. The lowest BCUT2D eigenvalue weighted by molar-refractivity contribution is -0.157. The van der Waals surface area contributed by atoms with Gasteiger partial charge in [0.05, 0.1) is 4.90 Å². The van der Waals surface area contributed by atoms with E-state index >= 15 is 0 Å². The van der Waals surface area contributed by atoms with Gasteiger partial charge in [0.25, 0.3) is 5.91 Å². The molecule has 8 heteroatoms. The van der Waals surface area contributed by atoms with E-state index in [2.05, 4.69) is 0 Å². The first kappa shape index (κ1) is 21.4. The van der Waals surface area contributed by atoms with Crippen molar-refractivity contribution in [3.63, 3.8) is 0 Å². The fourth-order valence-electron chi connectivity index (χ4n) is 3.00. The topological polar surface area (TPSA) is 84.0 Å². The lowest BCUT2D eigenvalue weighted by atomic mass is 10.1. The van der Waals surface area contributed by atoms with Crippen LogP contribution in [0.1, 0.15) is 38.2 Å². The Morgan fingerprint density at radius 2 is 1.70 bits per heavy atom. The minimum atomic E-state index is -3.44. The number of aryl methyl sites for hydroxylation is 1. The number of sulfonamides is 1. The third kappa shape index (κ3) is 5.77. The van der Waals surface area contributed by atoms with Gasteiger partial charge in [-0.1, -0.05) is 18.6 Å². The van der Waals surface area contributed by atoms with Gasteiger partial charge in [-0.2, -0.15) is 4.31 Å². The van der Waals surface area contributed by atoms with Gasteiger partial charge in [-0.15, -0.1) is 0 Å². The Labute approximate surface area is 161 Å². The molecule has 2 rings (SSSR count). The molecule has 0 radical (unpaired) electrons. The van der Waals surface area contributed by atoms with Crippen LogP contribution in [0, 0.1) is 0 Å². The molecule has 1 aromatic rings. The quantitative estimate of drug-likeness (QED) is 0.657. The van der Waals surface area contributed by atoms with Crippen LogP contribution in [-0.2, 0) is 30.8 Å². The molecule has 0 aromatic heterocycles. The van der Waals surface area contributed by atoms with Crippen molar-refractivity contribution in [3.05, 3.63) is 29.8 Å². The molecule has 1 saturated heterocycles. The SMILES string of the molecule is C[C@H](OC(=O)CCc1ccc(S(=O)(=O)N2CCCCC2)cc1)C(=O)N(C)C. The van der Waals surface area contributed by atoms with Crippen LogP contribution in [0.15, 0.2) is 29.2 Å². The molecule has 0 saturated carbocycles. The number of carbonyl (C=O) groups is 2. The van der Waals surface area contributed by atoms with Crippen LogP contribution in [0.4, 0.5) is 0 Å². The molecule has 1 atom stereocenters. The number of piperidine rings is 1. The number of ether oxygens (including phenoxy) is 1. The summed E-state index contributed by atoms with van der Waals surface area (Å²) in [5, 5.41) is 0. The van der Waals surface area contributed by atoms with Gasteiger partial charge in [0.15, 0.2) is 6.10 Å². The molecule has 1 aliphatic rings. The van der Waals surface area contributed by atoms with Gasteiger partial charge in [0, 0.05) is 33.6 Å². The van der Waals surface area contributed by atoms with E-state index in [1.807, 2.05) is 0 Å². The van der Waals surface area contributed by atoms with Gasteiger partial charge in [-0.3, -0.25) is 9.59 Å². The summed E-state index contributed by atoms with van der Waals surface area (Å²) < 4.78 is 31.9. The number of hydrogen-bond donors (Lipinski definition) is 0. The number of hydrogen-bond acceptors (Lipinski definition) is 5. The van der Waals surface area contributed by atoms with Crippen LogP contribution in [-0.4, -0.2) is 62.8 Å². The van der Waals surface area contributed by atoms with Gasteiger partial charge < -0.3 is 9.64 Å². The van der Waals surface area contributed by atoms with Gasteiger partial charge in [-0.25, -0.2) is 8.42 Å². The van der Waals surface area contributed by atoms with Crippen LogP contribution in [0.25, 0.3) is 0 Å². The molecule has 0 aliphatic carbocycles. The first-order valence-corrected chi connectivity index (χ1v) is 10.7. The Hall–Kier alpha value is -1.93. The average Bonchev–Trinajstić information content (AvgIpc) is 2.66. The molecular weight excluding hydrogens is 368 g/mol. The highest BCUT2D eigenvalue weighted by atomic mass is 32.2. The highest BCUT2D eigenvalue weighted by Crippen LogP contribution is 2.21. The summed E-state index contributed by atoms with van der Waals surface area (Å²) in [4.78, 5) is 25.2. The van der Waals surface area contributed by atoms with Crippen molar-refractivity contribution in [2.75, 3.05) is 27.2 Å². The van der Waals surface area contributed by atoms with Gasteiger partial charge >= 0.3 is 5.97 Å². The number of amides is 1. The zero-order chi connectivity index (χ0) is 20.0. The predicted octanol–water partition coefficient (Wildman–Crippen LogP) is 1.81. The molecule has 1 aliphatic heterocycles. The maximum Gasteiger partial charge on any atom is 0.306 e. The fraction of sp³-hybridized carbons (Fsp3) is 0.579. The summed E-state index contributed by atoms with van der Waals surface area (Å²) in [5.41, 5.74) is 0.844. The van der Waals surface area contributed by atoms with E-state index < -0.39 is 22.1 Å². The normalized spacial score (nSPS) is 16.6. The van der Waals surface area contributed by atoms with E-state index in [1.54, 1.807) is 45.3 Å². The number of rotatable bonds is 7. The number of carbonyl (C=O) groups excluding carboxylic acids is 2. The van der Waals surface area contributed by atoms with Gasteiger partial charge in [-0.05, 0) is 43.9 Å². The number of nitrogens with zero attached hydrogens (tertiary/aromatic N) is 2. The minimum absolute atomic E-state index is 0.128. The molecule has 0 N–H and O–H groups in total. The standard InChI is InChI=1S/C19H28N2O5S/c1-15(19(23)20(2)3)26-18(22)12-9-16-7-10-17(11-8-16)27(24,25)21-13-5-4-6-14-21/h7-8,10-11,15H,4-6,9,12-14H2,1-3H3/t15-/m0/s1. The Balaban J connectivity index is 1.90. The van der Waals surface area contributed by atoms with Gasteiger partial charge in [0.1, 0.15) is 0 Å². The zero-order valence-electron chi connectivity index (χ0n) is 16.2. The van der Waals surface area contributed by atoms with Crippen LogP contribution < -0.4 is 0 Å². The summed E-state index contributed by atoms with van der Waals surface area (Å²) in [7, 11) is -0.237. The zero-order valence-corrected chi connectivity index (χ0v) is 17.0. The van der Waals surface area contributed by atoms with Gasteiger partial charge in [0.2, 0.25) is 10.0 Å². The second-order valence-corrected chi connectivity index (χ2v) is 8.91. The lowest BCUT2D eigenvalue weighted by Crippen LogP contribution is -2.35. The van der Waals surface area contributed by atoms with E-state index in [9.17, 15) is 18.0 Å². The summed E-state index contributed by atoms with van der Waals surface area (Å²) in [5.74, 6) is -0.724. The third-order valence-corrected chi connectivity index (χ3v) is 6.50. The van der Waals surface area contributed by atoms with E-state index in [4.69, 9.17) is 4.74 Å². The van der Waals surface area contributed by atoms with Crippen molar-refractivity contribution >= 4 is 21.9 Å². The van der Waals surface area contributed by atoms with Crippen molar-refractivity contribution in [1.82, 2.24) is 9.21 Å². The second-order valence-electron chi connectivity index (χ2n) is 6.97. The fourth-order valence-corrected chi connectivity index (χ4v) is 4.52. The molecule has 1 aromatic carbocycles. The van der Waals surface area contributed by atoms with Crippen LogP contribution in [0.5, 0.6) is 0 Å². The second kappa shape index (κ2) is 9.32. The van der Waals surface area contributed by atoms with Crippen molar-refractivity contribution < 1.29 is 22.7 Å². The molecule has 150 valence electrons. The number of likely N-dealkylation sites (N-methyl/N-ethyl adjacent to an activating group) is 1. The molecule has 0 bridgehead atoms. The number of benzene rings is 1. The molecular formula is C19H28N2O5S. The van der Waals surface area contributed by atoms with Crippen LogP contribution >= 0.6 is 0 Å². The molecule has 1 amide bonds. The molecule has 0 unspecified atom stereocenters. The van der Waals surface area contributed by atoms with Crippen LogP contribution in [0.3, 0.4) is 0 Å². The summed E-state index contributed by atoms with van der Waals surface area (Å²) >= 11 is 0. The maximum absolute atomic E-state index is 12.6. The molecule has 1 heterocycles. The molecule has 1 fully saturated rings. The average molecular weight is 397 g/mol. The van der Waals surface area contributed by atoms with E-state index in [0.29, 0.717) is 19.5 Å². The summed E-state index contributed by atoms with van der Waals surface area (Å²) in [6.45, 7) is 2.68. The molecule has 0 spiro atoms. The smallest absolute Gasteiger partial charge is 0.306 e. The maximum atomic E-state index is 12.6. The first-order valence-electron chi connectivity index (χ1n) is 9.21. The minimum Gasteiger partial charge on any atom is -0.453 e. The van der Waals surface area contributed by atoms with E-state index in [1.165, 1.54) is 9.21 Å². The first-order chi connectivity index (χ1) is 12.7.